The zero-order valence-electron chi connectivity index (χ0n) is 13.5. The average Bonchev–Trinajstić information content (AvgIpc) is 2.68. The predicted octanol–water partition coefficient (Wildman–Crippen LogP) is 5.69. The van der Waals surface area contributed by atoms with Crippen LogP contribution in [0.4, 0.5) is 0 Å². The monoisotopic (exact) mass is 558 g/mol. The first-order chi connectivity index (χ1) is 11.7. The van der Waals surface area contributed by atoms with Crippen molar-refractivity contribution in [2.75, 3.05) is 10.6 Å². The standard InChI is InChI=1S/C21H21I2P/c22-17-10-18-24(23,19-11-4-1-5-12-19,20-13-6-2-7-14-20)21-15-8-3-9-16-21/h1-9,11-16H,10,17-18H2. The summed E-state index contributed by atoms with van der Waals surface area (Å²) in [6.45, 7) is 0. The summed E-state index contributed by atoms with van der Waals surface area (Å²) in [6.07, 6.45) is 2.42. The second kappa shape index (κ2) is 7.84. The van der Waals surface area contributed by atoms with Gasteiger partial charge in [0.1, 0.15) is 0 Å². The second-order valence-corrected chi connectivity index (χ2v) is 17.8. The maximum atomic E-state index is 2.86. The topological polar surface area (TPSA) is 0 Å². The van der Waals surface area contributed by atoms with Gasteiger partial charge in [-0.1, -0.05) is 0 Å². The Kier molecular flexibility index (Phi) is 5.99. The van der Waals surface area contributed by atoms with Crippen LogP contribution < -0.4 is 15.9 Å². The van der Waals surface area contributed by atoms with E-state index in [1.807, 2.05) is 0 Å². The molecule has 3 heteroatoms. The minimum atomic E-state index is -2.49. The summed E-state index contributed by atoms with van der Waals surface area (Å²) in [5, 5.41) is 4.43. The summed E-state index contributed by atoms with van der Waals surface area (Å²) in [4.78, 5) is 0. The molecule has 0 aliphatic carbocycles. The Morgan fingerprint density at radius 1 is 0.583 bits per heavy atom. The molecule has 124 valence electrons. The van der Waals surface area contributed by atoms with Gasteiger partial charge in [0.25, 0.3) is 0 Å². The fourth-order valence-corrected chi connectivity index (χ4v) is 13.1. The molecule has 0 aliphatic heterocycles. The van der Waals surface area contributed by atoms with Crippen molar-refractivity contribution >= 4 is 64.8 Å². The van der Waals surface area contributed by atoms with E-state index in [1.165, 1.54) is 32.9 Å². The van der Waals surface area contributed by atoms with Crippen molar-refractivity contribution in [3.8, 4) is 0 Å². The summed E-state index contributed by atoms with van der Waals surface area (Å²) >= 11 is 5.37. The molecule has 3 aromatic rings. The Balaban J connectivity index is 2.37. The van der Waals surface area contributed by atoms with Gasteiger partial charge in [-0.3, -0.25) is 0 Å². The summed E-state index contributed by atoms with van der Waals surface area (Å²) in [7, 11) is 0. The van der Waals surface area contributed by atoms with Crippen molar-refractivity contribution in [2.24, 2.45) is 0 Å². The number of rotatable bonds is 6. The van der Waals surface area contributed by atoms with Gasteiger partial charge in [0.2, 0.25) is 0 Å². The van der Waals surface area contributed by atoms with Crippen molar-refractivity contribution in [3.63, 3.8) is 0 Å². The van der Waals surface area contributed by atoms with Crippen LogP contribution in [0.1, 0.15) is 6.42 Å². The first-order valence-corrected chi connectivity index (χ1v) is 14.9. The number of alkyl halides is 1. The van der Waals surface area contributed by atoms with E-state index in [4.69, 9.17) is 0 Å². The van der Waals surface area contributed by atoms with E-state index in [0.717, 1.165) is 0 Å². The van der Waals surface area contributed by atoms with Crippen LogP contribution in [0.2, 0.25) is 0 Å². The van der Waals surface area contributed by atoms with Gasteiger partial charge in [-0.15, -0.1) is 0 Å². The van der Waals surface area contributed by atoms with Crippen LogP contribution in [0.15, 0.2) is 91.0 Å². The molecule has 0 spiro atoms. The first-order valence-electron chi connectivity index (χ1n) is 8.16. The van der Waals surface area contributed by atoms with Crippen molar-refractivity contribution in [1.82, 2.24) is 0 Å². The molecule has 0 aromatic heterocycles. The molecule has 0 nitrogen and oxygen atoms in total. The molecule has 0 saturated heterocycles. The molecular weight excluding hydrogens is 537 g/mol. The Labute approximate surface area is 171 Å². The Morgan fingerprint density at radius 3 is 1.21 bits per heavy atom. The number of hydrogen-bond acceptors (Lipinski definition) is 0. The van der Waals surface area contributed by atoms with E-state index in [0.29, 0.717) is 0 Å². The van der Waals surface area contributed by atoms with Crippen molar-refractivity contribution in [3.05, 3.63) is 91.0 Å². The van der Waals surface area contributed by atoms with Crippen LogP contribution in [0.5, 0.6) is 0 Å². The van der Waals surface area contributed by atoms with Crippen LogP contribution in [0.25, 0.3) is 0 Å². The van der Waals surface area contributed by atoms with Crippen LogP contribution in [0, 0.1) is 0 Å². The molecule has 0 unspecified atom stereocenters. The third-order valence-electron chi connectivity index (χ3n) is 4.60. The van der Waals surface area contributed by atoms with Crippen LogP contribution in [-0.4, -0.2) is 10.6 Å². The molecule has 0 atom stereocenters. The van der Waals surface area contributed by atoms with E-state index in [2.05, 4.69) is 136 Å². The molecule has 0 aliphatic rings. The zero-order chi connectivity index (χ0) is 16.9. The average molecular weight is 558 g/mol. The van der Waals surface area contributed by atoms with Crippen molar-refractivity contribution in [1.29, 1.82) is 0 Å². The van der Waals surface area contributed by atoms with E-state index < -0.39 is 4.25 Å². The fraction of sp³-hybridized carbons (Fsp3) is 0.143. The van der Waals surface area contributed by atoms with E-state index in [9.17, 15) is 0 Å². The molecule has 0 N–H and O–H groups in total. The zero-order valence-corrected chi connectivity index (χ0v) is 18.7. The third-order valence-corrected chi connectivity index (χ3v) is 17.1. The molecule has 3 aromatic carbocycles. The molecule has 3 rings (SSSR count). The maximum absolute atomic E-state index is 2.86. The van der Waals surface area contributed by atoms with Gasteiger partial charge in [0, 0.05) is 0 Å². The Bertz CT molecular complexity index is 673. The number of benzene rings is 3. The van der Waals surface area contributed by atoms with Crippen molar-refractivity contribution < 1.29 is 0 Å². The van der Waals surface area contributed by atoms with Crippen LogP contribution >= 0.6 is 48.9 Å². The van der Waals surface area contributed by atoms with E-state index in [1.54, 1.807) is 0 Å². The Hall–Kier alpha value is -0.450. The van der Waals surface area contributed by atoms with Crippen LogP contribution in [-0.2, 0) is 0 Å². The molecule has 24 heavy (non-hydrogen) atoms. The van der Waals surface area contributed by atoms with E-state index in [-0.39, 0.29) is 0 Å². The SMILES string of the molecule is ICCCP(I)(c1ccccc1)(c1ccccc1)c1ccccc1. The molecular formula is C21H21I2P. The number of hydrogen-bond donors (Lipinski definition) is 0. The molecule has 0 radical (unpaired) electrons. The van der Waals surface area contributed by atoms with Crippen molar-refractivity contribution in [2.45, 2.75) is 6.42 Å². The first kappa shape index (κ1) is 18.3. The van der Waals surface area contributed by atoms with Gasteiger partial charge in [-0.2, -0.15) is 0 Å². The molecule has 0 heterocycles. The van der Waals surface area contributed by atoms with Gasteiger partial charge in [0.05, 0.1) is 0 Å². The quantitative estimate of drug-likeness (QED) is 0.207. The van der Waals surface area contributed by atoms with Gasteiger partial charge in [0.15, 0.2) is 0 Å². The summed E-state index contributed by atoms with van der Waals surface area (Å²) in [6, 6.07) is 33.5. The van der Waals surface area contributed by atoms with Gasteiger partial charge in [-0.25, -0.2) is 0 Å². The minimum absolute atomic E-state index is 1.19. The summed E-state index contributed by atoms with van der Waals surface area (Å²) in [5.74, 6) is 0. The molecule has 0 fully saturated rings. The summed E-state index contributed by atoms with van der Waals surface area (Å²) < 4.78 is -1.30. The van der Waals surface area contributed by atoms with Crippen LogP contribution in [0.3, 0.4) is 0 Å². The van der Waals surface area contributed by atoms with E-state index >= 15 is 0 Å². The summed E-state index contributed by atoms with van der Waals surface area (Å²) in [5.41, 5.74) is 0. The van der Waals surface area contributed by atoms with Gasteiger partial charge in [-0.05, 0) is 0 Å². The van der Waals surface area contributed by atoms with Gasteiger partial charge < -0.3 is 0 Å². The Morgan fingerprint density at radius 2 is 0.917 bits per heavy atom. The molecule has 0 amide bonds. The predicted molar refractivity (Wildman–Crippen MR) is 128 cm³/mol. The normalized spacial score (nSPS) is 13.2. The van der Waals surface area contributed by atoms with Gasteiger partial charge >= 0.3 is 173 Å². The number of halogens is 2. The third kappa shape index (κ3) is 3.17. The fourth-order valence-electron chi connectivity index (χ4n) is 3.41. The molecule has 0 saturated carbocycles. The second-order valence-electron chi connectivity index (χ2n) is 5.96. The molecule has 0 bridgehead atoms.